The summed E-state index contributed by atoms with van der Waals surface area (Å²) in [5.74, 6) is 0.508. The molecule has 6 nitrogen and oxygen atoms in total. The molecule has 1 N–H and O–H groups in total. The zero-order valence-corrected chi connectivity index (χ0v) is 20.0. The van der Waals surface area contributed by atoms with Crippen LogP contribution in [0.2, 0.25) is 5.02 Å². The van der Waals surface area contributed by atoms with Crippen LogP contribution in [0.4, 0.5) is 0 Å². The zero-order chi connectivity index (χ0) is 24.4. The molecular formula is C28H23ClN4O2. The highest BCUT2D eigenvalue weighted by atomic mass is 35.5. The summed E-state index contributed by atoms with van der Waals surface area (Å²) in [6, 6.07) is 28.3. The summed E-state index contributed by atoms with van der Waals surface area (Å²) < 4.78 is 6.86. The monoisotopic (exact) mass is 482 g/mol. The van der Waals surface area contributed by atoms with Gasteiger partial charge in [-0.15, -0.1) is 0 Å². The van der Waals surface area contributed by atoms with Crippen molar-refractivity contribution in [2.24, 2.45) is 0 Å². The van der Waals surface area contributed by atoms with Crippen LogP contribution in [0.25, 0.3) is 28.2 Å². The second kappa shape index (κ2) is 9.60. The number of benzene rings is 3. The van der Waals surface area contributed by atoms with Crippen molar-refractivity contribution < 1.29 is 9.53 Å². The molecule has 0 saturated heterocycles. The lowest BCUT2D eigenvalue weighted by molar-refractivity contribution is 0.0932. The smallest absolute Gasteiger partial charge is 0.270 e. The molecule has 0 aliphatic carbocycles. The Balaban J connectivity index is 1.59. The Morgan fingerprint density at radius 1 is 0.914 bits per heavy atom. The predicted molar refractivity (Wildman–Crippen MR) is 138 cm³/mol. The summed E-state index contributed by atoms with van der Waals surface area (Å²) in [4.78, 5) is 18.3. The van der Waals surface area contributed by atoms with Gasteiger partial charge in [0.1, 0.15) is 11.4 Å². The first-order chi connectivity index (χ1) is 17.0. The molecule has 0 aliphatic heterocycles. The quantitative estimate of drug-likeness (QED) is 0.312. The average Bonchev–Trinajstić information content (AvgIpc) is 3.33. The van der Waals surface area contributed by atoms with E-state index >= 15 is 0 Å². The van der Waals surface area contributed by atoms with Crippen molar-refractivity contribution >= 4 is 23.2 Å². The lowest BCUT2D eigenvalue weighted by Gasteiger charge is -2.15. The highest BCUT2D eigenvalue weighted by Gasteiger charge is 2.19. The normalized spacial score (nSPS) is 11.9. The van der Waals surface area contributed by atoms with Crippen LogP contribution < -0.4 is 10.1 Å². The van der Waals surface area contributed by atoms with Crippen LogP contribution in [-0.2, 0) is 0 Å². The van der Waals surface area contributed by atoms with Gasteiger partial charge in [-0.05, 0) is 55.0 Å². The minimum absolute atomic E-state index is 0.178. The highest BCUT2D eigenvalue weighted by Crippen LogP contribution is 2.26. The van der Waals surface area contributed by atoms with Crippen molar-refractivity contribution in [3.05, 3.63) is 107 Å². The molecule has 0 saturated carbocycles. The largest absolute Gasteiger partial charge is 0.497 e. The van der Waals surface area contributed by atoms with Crippen LogP contribution in [0.1, 0.15) is 29.0 Å². The fourth-order valence-electron chi connectivity index (χ4n) is 3.90. The number of hydrogen-bond donors (Lipinski definition) is 1. The van der Waals surface area contributed by atoms with Gasteiger partial charge in [-0.3, -0.25) is 4.79 Å². The van der Waals surface area contributed by atoms with Crippen molar-refractivity contribution in [2.45, 2.75) is 13.0 Å². The molecule has 35 heavy (non-hydrogen) atoms. The van der Waals surface area contributed by atoms with Gasteiger partial charge in [-0.25, -0.2) is 9.50 Å². The molecule has 7 heteroatoms. The number of aromatic nitrogens is 3. The summed E-state index contributed by atoms with van der Waals surface area (Å²) in [7, 11) is 1.63. The molecule has 1 atom stereocenters. The summed E-state index contributed by atoms with van der Waals surface area (Å²) in [6.45, 7) is 1.96. The Morgan fingerprint density at radius 3 is 2.26 bits per heavy atom. The Morgan fingerprint density at radius 2 is 1.57 bits per heavy atom. The number of nitrogens with one attached hydrogen (secondary N) is 1. The van der Waals surface area contributed by atoms with Crippen LogP contribution in [-0.4, -0.2) is 27.6 Å². The Labute approximate surface area is 208 Å². The van der Waals surface area contributed by atoms with Gasteiger partial charge in [0, 0.05) is 22.2 Å². The first kappa shape index (κ1) is 22.6. The second-order valence-corrected chi connectivity index (χ2v) is 8.60. The topological polar surface area (TPSA) is 68.5 Å². The molecule has 5 rings (SSSR count). The molecule has 2 aromatic heterocycles. The number of nitrogens with zero attached hydrogens (tertiary/aromatic N) is 3. The number of methoxy groups -OCH3 is 1. The summed E-state index contributed by atoms with van der Waals surface area (Å²) in [5.41, 5.74) is 5.10. The Kier molecular flexibility index (Phi) is 6.21. The minimum Gasteiger partial charge on any atom is -0.497 e. The van der Waals surface area contributed by atoms with E-state index < -0.39 is 0 Å². The number of hydrogen-bond acceptors (Lipinski definition) is 4. The van der Waals surface area contributed by atoms with Crippen LogP contribution in [0, 0.1) is 0 Å². The molecule has 2 heterocycles. The fraction of sp³-hybridized carbons (Fsp3) is 0.107. The van der Waals surface area contributed by atoms with Gasteiger partial charge in [0.05, 0.1) is 24.5 Å². The number of ether oxygens (including phenoxy) is 1. The summed E-state index contributed by atoms with van der Waals surface area (Å²) in [6.07, 6.45) is 0. The van der Waals surface area contributed by atoms with Gasteiger partial charge < -0.3 is 10.1 Å². The van der Waals surface area contributed by atoms with Gasteiger partial charge in [-0.1, -0.05) is 54.1 Å². The molecule has 0 radical (unpaired) electrons. The highest BCUT2D eigenvalue weighted by molar-refractivity contribution is 6.30. The number of rotatable bonds is 6. The van der Waals surface area contributed by atoms with Gasteiger partial charge in [-0.2, -0.15) is 5.10 Å². The maximum absolute atomic E-state index is 13.5. The van der Waals surface area contributed by atoms with E-state index in [-0.39, 0.29) is 11.9 Å². The molecule has 0 unspecified atom stereocenters. The molecule has 0 spiro atoms. The van der Waals surface area contributed by atoms with E-state index in [0.29, 0.717) is 27.8 Å². The third kappa shape index (κ3) is 4.74. The number of fused-ring (bicyclic) bond motifs is 1. The van der Waals surface area contributed by atoms with E-state index in [1.165, 1.54) is 0 Å². The van der Waals surface area contributed by atoms with E-state index in [1.807, 2.05) is 91.9 Å². The van der Waals surface area contributed by atoms with Crippen LogP contribution >= 0.6 is 11.6 Å². The van der Waals surface area contributed by atoms with Crippen LogP contribution in [0.3, 0.4) is 0 Å². The fourth-order valence-corrected chi connectivity index (χ4v) is 4.03. The number of amides is 1. The van der Waals surface area contributed by atoms with Gasteiger partial charge in [0.15, 0.2) is 5.65 Å². The first-order valence-electron chi connectivity index (χ1n) is 11.2. The Hall–Kier alpha value is -4.16. The lowest BCUT2D eigenvalue weighted by atomic mass is 10.1. The first-order valence-corrected chi connectivity index (χ1v) is 11.6. The third-order valence-corrected chi connectivity index (χ3v) is 6.08. The van der Waals surface area contributed by atoms with E-state index in [2.05, 4.69) is 5.32 Å². The van der Waals surface area contributed by atoms with Crippen LogP contribution in [0.5, 0.6) is 5.75 Å². The molecule has 1 amide bonds. The molecule has 0 aliphatic rings. The van der Waals surface area contributed by atoms with E-state index in [9.17, 15) is 4.79 Å². The maximum Gasteiger partial charge on any atom is 0.270 e. The molecular weight excluding hydrogens is 460 g/mol. The standard InChI is InChI=1S/C28H23ClN4O2/c1-18(19-6-4-3-5-7-19)30-28(34)26-16-24(20-10-14-23(35-2)15-11-20)31-27-17-25(32-33(26)27)21-8-12-22(29)13-9-21/h3-18H,1-2H3,(H,30,34)/t18-/m1/s1. The molecule has 5 aromatic rings. The number of halogens is 1. The third-order valence-electron chi connectivity index (χ3n) is 5.83. The summed E-state index contributed by atoms with van der Waals surface area (Å²) in [5, 5.41) is 8.44. The zero-order valence-electron chi connectivity index (χ0n) is 19.3. The van der Waals surface area contributed by atoms with E-state index in [1.54, 1.807) is 17.7 Å². The van der Waals surface area contributed by atoms with Gasteiger partial charge >= 0.3 is 0 Å². The Bertz CT molecular complexity index is 1480. The molecule has 0 bridgehead atoms. The average molecular weight is 483 g/mol. The van der Waals surface area contributed by atoms with Crippen molar-refractivity contribution in [3.8, 4) is 28.3 Å². The van der Waals surface area contributed by atoms with E-state index in [4.69, 9.17) is 26.4 Å². The van der Waals surface area contributed by atoms with Gasteiger partial charge in [0.25, 0.3) is 5.91 Å². The van der Waals surface area contributed by atoms with E-state index in [0.717, 1.165) is 22.4 Å². The van der Waals surface area contributed by atoms with Crippen LogP contribution in [0.15, 0.2) is 91.0 Å². The molecule has 3 aromatic carbocycles. The maximum atomic E-state index is 13.5. The van der Waals surface area contributed by atoms with Gasteiger partial charge in [0.2, 0.25) is 0 Å². The SMILES string of the molecule is COc1ccc(-c2cc(C(=O)N[C@H](C)c3ccccc3)n3nc(-c4ccc(Cl)cc4)cc3n2)cc1. The molecule has 174 valence electrons. The number of carbonyl (C=O) groups excluding carboxylic acids is 1. The number of carbonyl (C=O) groups is 1. The lowest BCUT2D eigenvalue weighted by Crippen LogP contribution is -2.28. The summed E-state index contributed by atoms with van der Waals surface area (Å²) >= 11 is 6.05. The minimum atomic E-state index is -0.241. The molecule has 0 fully saturated rings. The van der Waals surface area contributed by atoms with Crippen molar-refractivity contribution in [1.82, 2.24) is 19.9 Å². The van der Waals surface area contributed by atoms with Crippen molar-refractivity contribution in [2.75, 3.05) is 7.11 Å². The van der Waals surface area contributed by atoms with Crippen molar-refractivity contribution in [1.29, 1.82) is 0 Å². The predicted octanol–water partition coefficient (Wildman–Crippen LogP) is 6.22. The van der Waals surface area contributed by atoms with Crippen molar-refractivity contribution in [3.63, 3.8) is 0 Å². The second-order valence-electron chi connectivity index (χ2n) is 8.17.